The lowest BCUT2D eigenvalue weighted by atomic mass is 9.84. The van der Waals surface area contributed by atoms with Gasteiger partial charge in [-0.1, -0.05) is 40.0 Å². The van der Waals surface area contributed by atoms with Crippen LogP contribution in [0.4, 0.5) is 0 Å². The molecule has 1 aliphatic carbocycles. The molecule has 0 spiro atoms. The average Bonchev–Trinajstić information content (AvgIpc) is 2.24. The van der Waals surface area contributed by atoms with E-state index in [1.54, 1.807) is 0 Å². The third-order valence-corrected chi connectivity index (χ3v) is 5.33. The molecule has 1 unspecified atom stereocenters. The van der Waals surface area contributed by atoms with Crippen LogP contribution in [-0.4, -0.2) is 26.8 Å². The molecule has 4 nitrogen and oxygen atoms in total. The molecule has 0 heterocycles. The number of nitrogens with two attached hydrogens (primary N) is 1. The van der Waals surface area contributed by atoms with Crippen LogP contribution in [0.3, 0.4) is 0 Å². The molecule has 5 heteroatoms. The molecular weight excluding hydrogens is 248 g/mol. The second-order valence-corrected chi connectivity index (χ2v) is 8.43. The van der Waals surface area contributed by atoms with Crippen molar-refractivity contribution in [3.05, 3.63) is 0 Å². The molecule has 0 radical (unpaired) electrons. The fourth-order valence-electron chi connectivity index (χ4n) is 2.72. The van der Waals surface area contributed by atoms with E-state index in [2.05, 4.69) is 4.72 Å². The first kappa shape index (κ1) is 15.9. The van der Waals surface area contributed by atoms with E-state index >= 15 is 0 Å². The van der Waals surface area contributed by atoms with Crippen LogP contribution in [-0.2, 0) is 10.0 Å². The Bertz CT molecular complexity index is 340. The van der Waals surface area contributed by atoms with E-state index in [1.165, 1.54) is 19.3 Å². The lowest BCUT2D eigenvalue weighted by Gasteiger charge is -2.30. The average molecular weight is 276 g/mol. The highest BCUT2D eigenvalue weighted by Crippen LogP contribution is 2.27. The van der Waals surface area contributed by atoms with Gasteiger partial charge in [-0.05, 0) is 24.2 Å². The number of hydrogen-bond acceptors (Lipinski definition) is 3. The smallest absolute Gasteiger partial charge is 0.212 e. The monoisotopic (exact) mass is 276 g/mol. The first-order valence-corrected chi connectivity index (χ1v) is 8.59. The minimum Gasteiger partial charge on any atom is -0.329 e. The molecule has 3 N–H and O–H groups in total. The van der Waals surface area contributed by atoms with Gasteiger partial charge in [0.1, 0.15) is 0 Å². The summed E-state index contributed by atoms with van der Waals surface area (Å²) in [5.41, 5.74) is 5.52. The fourth-order valence-corrected chi connectivity index (χ4v) is 4.69. The Morgan fingerprint density at radius 1 is 1.22 bits per heavy atom. The molecular formula is C13H28N2O2S. The lowest BCUT2D eigenvalue weighted by Crippen LogP contribution is -2.47. The standard InChI is InChI=1S/C13H28N2O2S/c1-13(2,3)10-18(16,17)15-12(9-14)11-7-5-4-6-8-11/h11-12,15H,4-10,14H2,1-3H3. The van der Waals surface area contributed by atoms with Crippen LogP contribution in [0.1, 0.15) is 52.9 Å². The fraction of sp³-hybridized carbons (Fsp3) is 1.00. The van der Waals surface area contributed by atoms with Crippen molar-refractivity contribution in [2.45, 2.75) is 58.9 Å². The van der Waals surface area contributed by atoms with Gasteiger partial charge in [-0.2, -0.15) is 0 Å². The van der Waals surface area contributed by atoms with Crippen LogP contribution in [0.15, 0.2) is 0 Å². The highest BCUT2D eigenvalue weighted by molar-refractivity contribution is 7.89. The van der Waals surface area contributed by atoms with Crippen molar-refractivity contribution in [3.8, 4) is 0 Å². The molecule has 0 aromatic carbocycles. The van der Waals surface area contributed by atoms with E-state index < -0.39 is 10.0 Å². The summed E-state index contributed by atoms with van der Waals surface area (Å²) in [6.07, 6.45) is 5.85. The van der Waals surface area contributed by atoms with Crippen LogP contribution >= 0.6 is 0 Å². The largest absolute Gasteiger partial charge is 0.329 e. The second-order valence-electron chi connectivity index (χ2n) is 6.68. The zero-order chi connectivity index (χ0) is 13.8. The van der Waals surface area contributed by atoms with Crippen molar-refractivity contribution in [1.29, 1.82) is 0 Å². The van der Waals surface area contributed by atoms with E-state index in [4.69, 9.17) is 5.73 Å². The molecule has 108 valence electrons. The van der Waals surface area contributed by atoms with Gasteiger partial charge in [-0.3, -0.25) is 0 Å². The summed E-state index contributed by atoms with van der Waals surface area (Å²) < 4.78 is 27.0. The Morgan fingerprint density at radius 2 is 1.78 bits per heavy atom. The van der Waals surface area contributed by atoms with Crippen molar-refractivity contribution in [1.82, 2.24) is 4.72 Å². The van der Waals surface area contributed by atoms with Gasteiger partial charge >= 0.3 is 0 Å². The molecule has 0 bridgehead atoms. The Labute approximate surface area is 112 Å². The summed E-state index contributed by atoms with van der Waals surface area (Å²) in [6, 6.07) is -0.0855. The summed E-state index contributed by atoms with van der Waals surface area (Å²) in [6.45, 7) is 6.20. The molecule has 0 amide bonds. The number of hydrogen-bond donors (Lipinski definition) is 2. The van der Waals surface area contributed by atoms with Gasteiger partial charge < -0.3 is 5.73 Å². The highest BCUT2D eigenvalue weighted by atomic mass is 32.2. The van der Waals surface area contributed by atoms with Crippen LogP contribution in [0.2, 0.25) is 0 Å². The molecule has 1 rings (SSSR count). The van der Waals surface area contributed by atoms with Gasteiger partial charge in [-0.15, -0.1) is 0 Å². The number of nitrogens with one attached hydrogen (secondary N) is 1. The third kappa shape index (κ3) is 5.67. The normalized spacial score (nSPS) is 20.9. The maximum atomic E-state index is 12.1. The molecule has 0 aromatic rings. The van der Waals surface area contributed by atoms with E-state index in [0.717, 1.165) is 12.8 Å². The minimum absolute atomic E-state index is 0.0855. The van der Waals surface area contributed by atoms with Crippen molar-refractivity contribution in [2.75, 3.05) is 12.3 Å². The zero-order valence-electron chi connectivity index (χ0n) is 11.9. The quantitative estimate of drug-likeness (QED) is 0.805. The Morgan fingerprint density at radius 3 is 2.22 bits per heavy atom. The first-order valence-electron chi connectivity index (χ1n) is 6.93. The predicted molar refractivity (Wildman–Crippen MR) is 75.8 cm³/mol. The van der Waals surface area contributed by atoms with Crippen LogP contribution in [0.5, 0.6) is 0 Å². The maximum absolute atomic E-state index is 12.1. The van der Waals surface area contributed by atoms with Crippen molar-refractivity contribution in [3.63, 3.8) is 0 Å². The van der Waals surface area contributed by atoms with Crippen molar-refractivity contribution in [2.24, 2.45) is 17.1 Å². The summed E-state index contributed by atoms with van der Waals surface area (Å²) in [7, 11) is -3.23. The van der Waals surface area contributed by atoms with Gasteiger partial charge in [0.05, 0.1) is 5.75 Å². The predicted octanol–water partition coefficient (Wildman–Crippen LogP) is 1.86. The van der Waals surface area contributed by atoms with Gasteiger partial charge in [-0.25, -0.2) is 13.1 Å². The van der Waals surface area contributed by atoms with Crippen LogP contribution in [0, 0.1) is 11.3 Å². The van der Waals surface area contributed by atoms with Crippen molar-refractivity contribution >= 4 is 10.0 Å². The van der Waals surface area contributed by atoms with Gasteiger partial charge in [0.15, 0.2) is 0 Å². The SMILES string of the molecule is CC(C)(C)CS(=O)(=O)NC(CN)C1CCCCC1. The Kier molecular flexibility index (Phi) is 5.62. The van der Waals surface area contributed by atoms with E-state index in [0.29, 0.717) is 12.5 Å². The molecule has 0 aliphatic heterocycles. The molecule has 18 heavy (non-hydrogen) atoms. The molecule has 0 saturated heterocycles. The summed E-state index contributed by atoms with van der Waals surface area (Å²) in [5, 5.41) is 0. The van der Waals surface area contributed by atoms with Crippen molar-refractivity contribution < 1.29 is 8.42 Å². The maximum Gasteiger partial charge on any atom is 0.212 e. The van der Waals surface area contributed by atoms with Gasteiger partial charge in [0.2, 0.25) is 10.0 Å². The Hall–Kier alpha value is -0.130. The van der Waals surface area contributed by atoms with Crippen LogP contribution < -0.4 is 10.5 Å². The van der Waals surface area contributed by atoms with Crippen LogP contribution in [0.25, 0.3) is 0 Å². The topological polar surface area (TPSA) is 72.2 Å². The highest BCUT2D eigenvalue weighted by Gasteiger charge is 2.28. The minimum atomic E-state index is -3.23. The first-order chi connectivity index (χ1) is 8.23. The van der Waals surface area contributed by atoms with Gasteiger partial charge in [0, 0.05) is 12.6 Å². The van der Waals surface area contributed by atoms with E-state index in [-0.39, 0.29) is 17.2 Å². The summed E-state index contributed by atoms with van der Waals surface area (Å²) in [5.74, 6) is 0.571. The summed E-state index contributed by atoms with van der Waals surface area (Å²) in [4.78, 5) is 0. The lowest BCUT2D eigenvalue weighted by molar-refractivity contribution is 0.293. The summed E-state index contributed by atoms with van der Waals surface area (Å²) >= 11 is 0. The number of rotatable bonds is 5. The second kappa shape index (κ2) is 6.35. The number of sulfonamides is 1. The van der Waals surface area contributed by atoms with Gasteiger partial charge in [0.25, 0.3) is 0 Å². The molecule has 1 atom stereocenters. The zero-order valence-corrected chi connectivity index (χ0v) is 12.7. The Balaban J connectivity index is 2.61. The molecule has 1 aliphatic rings. The molecule has 1 saturated carbocycles. The molecule has 1 fully saturated rings. The molecule has 0 aromatic heterocycles. The third-order valence-electron chi connectivity index (χ3n) is 3.43. The van der Waals surface area contributed by atoms with E-state index in [1.807, 2.05) is 20.8 Å². The van der Waals surface area contributed by atoms with E-state index in [9.17, 15) is 8.42 Å².